The number of carbonyl (C=O) groups excluding carboxylic acids is 1. The average Bonchev–Trinajstić information content (AvgIpc) is 3.26. The Morgan fingerprint density at radius 1 is 1.07 bits per heavy atom. The lowest BCUT2D eigenvalue weighted by Gasteiger charge is -2.07. The Hall–Kier alpha value is -3.94. The number of hydrogen-bond donors (Lipinski definition) is 1. The van der Waals surface area contributed by atoms with E-state index in [4.69, 9.17) is 13.6 Å². The molecular formula is C20H15N3O5. The standard InChI is InChI=1S/C20H15N3O5/c24-19(14-12-13-4-1-2-5-16(13)28-20(14)25)21-9-11-27-18-8-7-15(22-23-18)17-6-3-10-26-17/h1-8,10,12H,9,11H2,(H,21,24). The van der Waals surface area contributed by atoms with Gasteiger partial charge in [-0.05, 0) is 30.3 Å². The monoisotopic (exact) mass is 377 g/mol. The molecule has 0 radical (unpaired) electrons. The molecule has 0 aliphatic carbocycles. The molecule has 3 heterocycles. The number of rotatable bonds is 6. The fourth-order valence-corrected chi connectivity index (χ4v) is 2.59. The summed E-state index contributed by atoms with van der Waals surface area (Å²) < 4.78 is 15.8. The molecule has 4 rings (SSSR count). The van der Waals surface area contributed by atoms with Gasteiger partial charge in [-0.3, -0.25) is 4.79 Å². The summed E-state index contributed by atoms with van der Waals surface area (Å²) in [7, 11) is 0. The maximum absolute atomic E-state index is 12.2. The number of aromatic nitrogens is 2. The maximum Gasteiger partial charge on any atom is 0.349 e. The highest BCUT2D eigenvalue weighted by molar-refractivity contribution is 5.96. The Labute approximate surface area is 158 Å². The summed E-state index contributed by atoms with van der Waals surface area (Å²) in [5.41, 5.74) is 0.287. The molecule has 0 spiro atoms. The van der Waals surface area contributed by atoms with Gasteiger partial charge in [-0.15, -0.1) is 10.2 Å². The summed E-state index contributed by atoms with van der Waals surface area (Å²) in [5, 5.41) is 11.3. The van der Waals surface area contributed by atoms with Gasteiger partial charge in [0.25, 0.3) is 5.91 Å². The van der Waals surface area contributed by atoms with Crippen molar-refractivity contribution in [1.82, 2.24) is 15.5 Å². The molecule has 0 fully saturated rings. The summed E-state index contributed by atoms with van der Waals surface area (Å²) in [6, 6.07) is 15.4. The van der Waals surface area contributed by atoms with Gasteiger partial charge in [0, 0.05) is 11.5 Å². The molecule has 4 aromatic rings. The van der Waals surface area contributed by atoms with Crippen molar-refractivity contribution in [1.29, 1.82) is 0 Å². The van der Waals surface area contributed by atoms with Gasteiger partial charge in [0.15, 0.2) is 5.76 Å². The molecule has 0 saturated carbocycles. The van der Waals surface area contributed by atoms with Crippen LogP contribution < -0.4 is 15.7 Å². The summed E-state index contributed by atoms with van der Waals surface area (Å²) in [6.45, 7) is 0.353. The number of para-hydroxylation sites is 1. The van der Waals surface area contributed by atoms with Crippen molar-refractivity contribution in [3.05, 3.63) is 76.8 Å². The molecule has 0 aliphatic heterocycles. The lowest BCUT2D eigenvalue weighted by atomic mass is 10.2. The minimum Gasteiger partial charge on any atom is -0.475 e. The van der Waals surface area contributed by atoms with Crippen LogP contribution in [0.25, 0.3) is 22.4 Å². The van der Waals surface area contributed by atoms with Crippen molar-refractivity contribution in [2.75, 3.05) is 13.2 Å². The van der Waals surface area contributed by atoms with Crippen LogP contribution in [0.3, 0.4) is 0 Å². The Morgan fingerprint density at radius 3 is 2.75 bits per heavy atom. The number of carbonyl (C=O) groups is 1. The Bertz CT molecular complexity index is 1150. The van der Waals surface area contributed by atoms with Crippen molar-refractivity contribution in [2.24, 2.45) is 0 Å². The van der Waals surface area contributed by atoms with E-state index in [1.807, 2.05) is 0 Å². The number of fused-ring (bicyclic) bond motifs is 1. The number of nitrogens with one attached hydrogen (secondary N) is 1. The number of furan rings is 1. The molecule has 0 atom stereocenters. The highest BCUT2D eigenvalue weighted by Gasteiger charge is 2.13. The summed E-state index contributed by atoms with van der Waals surface area (Å²) >= 11 is 0. The molecule has 1 amide bonds. The van der Waals surface area contributed by atoms with E-state index in [0.717, 1.165) is 0 Å². The molecule has 0 unspecified atom stereocenters. The number of amides is 1. The first-order chi connectivity index (χ1) is 13.7. The molecule has 1 aromatic carbocycles. The summed E-state index contributed by atoms with van der Waals surface area (Å²) in [6.07, 6.45) is 1.56. The van der Waals surface area contributed by atoms with Crippen LogP contribution in [0.2, 0.25) is 0 Å². The van der Waals surface area contributed by atoms with Crippen LogP contribution in [0.15, 0.2) is 74.5 Å². The fraction of sp³-hybridized carbons (Fsp3) is 0.100. The van der Waals surface area contributed by atoms with Crippen molar-refractivity contribution in [3.63, 3.8) is 0 Å². The second kappa shape index (κ2) is 7.75. The van der Waals surface area contributed by atoms with Crippen LogP contribution in [0.1, 0.15) is 10.4 Å². The molecular weight excluding hydrogens is 362 g/mol. The molecule has 8 nitrogen and oxygen atoms in total. The third-order valence-electron chi connectivity index (χ3n) is 3.94. The van der Waals surface area contributed by atoms with E-state index < -0.39 is 11.5 Å². The van der Waals surface area contributed by atoms with Crippen LogP contribution in [0.5, 0.6) is 5.88 Å². The second-order valence-corrected chi connectivity index (χ2v) is 5.82. The quantitative estimate of drug-likeness (QED) is 0.406. The molecule has 140 valence electrons. The van der Waals surface area contributed by atoms with Crippen molar-refractivity contribution < 1.29 is 18.4 Å². The van der Waals surface area contributed by atoms with E-state index >= 15 is 0 Å². The highest BCUT2D eigenvalue weighted by atomic mass is 16.5. The summed E-state index contributed by atoms with van der Waals surface area (Å²) in [4.78, 5) is 24.2. The van der Waals surface area contributed by atoms with Gasteiger partial charge >= 0.3 is 5.63 Å². The Balaban J connectivity index is 1.32. The van der Waals surface area contributed by atoms with Gasteiger partial charge in [-0.25, -0.2) is 4.79 Å². The van der Waals surface area contributed by atoms with E-state index in [0.29, 0.717) is 28.3 Å². The van der Waals surface area contributed by atoms with Crippen molar-refractivity contribution in [2.45, 2.75) is 0 Å². The Morgan fingerprint density at radius 2 is 1.96 bits per heavy atom. The number of nitrogens with zero attached hydrogens (tertiary/aromatic N) is 2. The van der Waals surface area contributed by atoms with Crippen LogP contribution >= 0.6 is 0 Å². The molecule has 8 heteroatoms. The minimum absolute atomic E-state index is 0.0544. The predicted molar refractivity (Wildman–Crippen MR) is 100 cm³/mol. The van der Waals surface area contributed by atoms with Gasteiger partial charge < -0.3 is 18.9 Å². The molecule has 1 N–H and O–H groups in total. The van der Waals surface area contributed by atoms with Gasteiger partial charge in [0.1, 0.15) is 23.4 Å². The van der Waals surface area contributed by atoms with Crippen LogP contribution in [-0.2, 0) is 0 Å². The third kappa shape index (κ3) is 3.75. The van der Waals surface area contributed by atoms with Gasteiger partial charge in [-0.2, -0.15) is 0 Å². The Kier molecular flexibility index (Phi) is 4.83. The van der Waals surface area contributed by atoms with Crippen molar-refractivity contribution in [3.8, 4) is 17.3 Å². The highest BCUT2D eigenvalue weighted by Crippen LogP contribution is 2.17. The topological polar surface area (TPSA) is 107 Å². The van der Waals surface area contributed by atoms with E-state index in [2.05, 4.69) is 15.5 Å². The molecule has 0 bridgehead atoms. The molecule has 0 saturated heterocycles. The van der Waals surface area contributed by atoms with Crippen LogP contribution in [-0.4, -0.2) is 29.3 Å². The van der Waals surface area contributed by atoms with Gasteiger partial charge in [0.2, 0.25) is 5.88 Å². The van der Waals surface area contributed by atoms with E-state index in [-0.39, 0.29) is 18.7 Å². The zero-order valence-electron chi connectivity index (χ0n) is 14.6. The normalized spacial score (nSPS) is 10.7. The van der Waals surface area contributed by atoms with Crippen LogP contribution in [0.4, 0.5) is 0 Å². The third-order valence-corrected chi connectivity index (χ3v) is 3.94. The first-order valence-corrected chi connectivity index (χ1v) is 8.52. The first-order valence-electron chi connectivity index (χ1n) is 8.52. The first kappa shape index (κ1) is 17.5. The number of hydrogen-bond acceptors (Lipinski definition) is 7. The number of benzene rings is 1. The van der Waals surface area contributed by atoms with E-state index in [1.54, 1.807) is 54.8 Å². The lowest BCUT2D eigenvalue weighted by molar-refractivity contribution is 0.0943. The molecule has 0 aliphatic rings. The SMILES string of the molecule is O=C(NCCOc1ccc(-c2ccco2)nn1)c1cc2ccccc2oc1=O. The smallest absolute Gasteiger partial charge is 0.349 e. The second-order valence-electron chi connectivity index (χ2n) is 5.82. The average molecular weight is 377 g/mol. The maximum atomic E-state index is 12.2. The van der Waals surface area contributed by atoms with E-state index in [9.17, 15) is 9.59 Å². The fourth-order valence-electron chi connectivity index (χ4n) is 2.59. The number of ether oxygens (including phenoxy) is 1. The predicted octanol–water partition coefficient (Wildman–Crippen LogP) is 2.65. The summed E-state index contributed by atoms with van der Waals surface area (Å²) in [5.74, 6) is 0.401. The van der Waals surface area contributed by atoms with Crippen molar-refractivity contribution >= 4 is 16.9 Å². The lowest BCUT2D eigenvalue weighted by Crippen LogP contribution is -2.31. The zero-order valence-corrected chi connectivity index (χ0v) is 14.6. The zero-order chi connectivity index (χ0) is 19.3. The minimum atomic E-state index is -0.684. The van der Waals surface area contributed by atoms with E-state index in [1.165, 1.54) is 6.07 Å². The van der Waals surface area contributed by atoms with Gasteiger partial charge in [0.05, 0.1) is 12.8 Å². The molecule has 28 heavy (non-hydrogen) atoms. The van der Waals surface area contributed by atoms with Crippen LogP contribution in [0, 0.1) is 0 Å². The largest absolute Gasteiger partial charge is 0.475 e. The molecule has 3 aromatic heterocycles. The van der Waals surface area contributed by atoms with Gasteiger partial charge in [-0.1, -0.05) is 18.2 Å².